The van der Waals surface area contributed by atoms with Crippen LogP contribution in [0.5, 0.6) is 11.5 Å². The molecule has 0 aliphatic rings. The lowest BCUT2D eigenvalue weighted by molar-refractivity contribution is 0.0734. The van der Waals surface area contributed by atoms with E-state index in [4.69, 9.17) is 9.47 Å². The molecule has 0 amide bonds. The molecule has 4 heteroatoms. The summed E-state index contributed by atoms with van der Waals surface area (Å²) >= 11 is 0. The number of rotatable bonds is 20. The van der Waals surface area contributed by atoms with E-state index in [-0.39, 0.29) is 5.97 Å². The third-order valence-electron chi connectivity index (χ3n) is 7.37. The van der Waals surface area contributed by atoms with Crippen LogP contribution in [0.4, 0.5) is 0 Å². The standard InChI is InChI=1S/C36H49NO3/c1-3-5-7-9-11-12-14-16-28-39-34-26-27-35(37-29-34)31-22-24-33(25-23-31)40-36(38)32-20-18-30(19-21-32)17-15-13-10-8-6-4-2/h18-27,29H,3-17,28H2,1-2H3. The molecule has 0 spiro atoms. The number of hydrogen-bond donors (Lipinski definition) is 0. The van der Waals surface area contributed by atoms with E-state index in [2.05, 4.69) is 18.8 Å². The molecule has 0 atom stereocenters. The first kappa shape index (κ1) is 31.4. The number of unbranched alkanes of at least 4 members (excludes halogenated alkanes) is 12. The number of carbonyl (C=O) groups is 1. The lowest BCUT2D eigenvalue weighted by Crippen LogP contribution is -2.08. The van der Waals surface area contributed by atoms with E-state index >= 15 is 0 Å². The van der Waals surface area contributed by atoms with Gasteiger partial charge in [-0.05, 0) is 73.4 Å². The number of nitrogens with zero attached hydrogens (tertiary/aromatic N) is 1. The van der Waals surface area contributed by atoms with Gasteiger partial charge in [-0.3, -0.25) is 4.98 Å². The summed E-state index contributed by atoms with van der Waals surface area (Å²) in [5, 5.41) is 0. The van der Waals surface area contributed by atoms with Crippen LogP contribution in [0.1, 0.15) is 120 Å². The monoisotopic (exact) mass is 543 g/mol. The molecule has 216 valence electrons. The Kier molecular flexibility index (Phi) is 14.9. The van der Waals surface area contributed by atoms with Crippen LogP contribution in [0.25, 0.3) is 11.3 Å². The maximum absolute atomic E-state index is 12.6. The maximum atomic E-state index is 12.6. The maximum Gasteiger partial charge on any atom is 0.343 e. The van der Waals surface area contributed by atoms with Crippen molar-refractivity contribution in [3.05, 3.63) is 78.0 Å². The molecule has 0 unspecified atom stereocenters. The van der Waals surface area contributed by atoms with Crippen LogP contribution in [0.15, 0.2) is 66.9 Å². The first-order chi connectivity index (χ1) is 19.7. The summed E-state index contributed by atoms with van der Waals surface area (Å²) in [6.07, 6.45) is 20.9. The van der Waals surface area contributed by atoms with Crippen LogP contribution in [-0.4, -0.2) is 17.6 Å². The molecule has 0 N–H and O–H groups in total. The van der Waals surface area contributed by atoms with Gasteiger partial charge in [-0.25, -0.2) is 4.79 Å². The average Bonchev–Trinajstić information content (AvgIpc) is 2.99. The Bertz CT molecular complexity index is 1070. The topological polar surface area (TPSA) is 48.4 Å². The minimum Gasteiger partial charge on any atom is -0.492 e. The molecule has 0 aliphatic heterocycles. The second-order valence-corrected chi connectivity index (χ2v) is 10.8. The normalized spacial score (nSPS) is 10.9. The highest BCUT2D eigenvalue weighted by Crippen LogP contribution is 2.23. The zero-order valence-electron chi connectivity index (χ0n) is 24.8. The number of pyridine rings is 1. The SMILES string of the molecule is CCCCCCCCCCOc1ccc(-c2ccc(OC(=O)c3ccc(CCCCCCCC)cc3)cc2)nc1. The number of carbonyl (C=O) groups excluding carboxylic acids is 1. The molecule has 1 aromatic heterocycles. The molecule has 4 nitrogen and oxygen atoms in total. The smallest absolute Gasteiger partial charge is 0.343 e. The predicted molar refractivity (Wildman–Crippen MR) is 166 cm³/mol. The molecule has 3 aromatic rings. The van der Waals surface area contributed by atoms with Crippen molar-refractivity contribution in [3.8, 4) is 22.8 Å². The molecule has 0 saturated carbocycles. The lowest BCUT2D eigenvalue weighted by atomic mass is 10.0. The van der Waals surface area contributed by atoms with Crippen molar-refractivity contribution in [1.82, 2.24) is 4.98 Å². The molecular weight excluding hydrogens is 494 g/mol. The molecular formula is C36H49NO3. The van der Waals surface area contributed by atoms with Crippen molar-refractivity contribution >= 4 is 5.97 Å². The third kappa shape index (κ3) is 11.9. The van der Waals surface area contributed by atoms with Crippen LogP contribution < -0.4 is 9.47 Å². The summed E-state index contributed by atoms with van der Waals surface area (Å²) in [6.45, 7) is 5.23. The number of aryl methyl sites for hydroxylation is 1. The first-order valence-electron chi connectivity index (χ1n) is 15.7. The van der Waals surface area contributed by atoms with E-state index in [1.807, 2.05) is 60.7 Å². The second-order valence-electron chi connectivity index (χ2n) is 10.8. The quantitative estimate of drug-likeness (QED) is 0.0808. The first-order valence-corrected chi connectivity index (χ1v) is 15.7. The molecule has 0 saturated heterocycles. The Balaban J connectivity index is 1.37. The Labute approximate surface area is 242 Å². The molecule has 0 radical (unpaired) electrons. The number of aromatic nitrogens is 1. The van der Waals surface area contributed by atoms with Crippen molar-refractivity contribution < 1.29 is 14.3 Å². The van der Waals surface area contributed by atoms with E-state index in [9.17, 15) is 4.79 Å². The van der Waals surface area contributed by atoms with Gasteiger partial charge in [0.2, 0.25) is 0 Å². The Hall–Kier alpha value is -3.14. The summed E-state index contributed by atoms with van der Waals surface area (Å²) in [5.74, 6) is 0.987. The summed E-state index contributed by atoms with van der Waals surface area (Å²) < 4.78 is 11.5. The number of benzene rings is 2. The fraction of sp³-hybridized carbons (Fsp3) is 0.500. The molecule has 0 aliphatic carbocycles. The Morgan fingerprint density at radius 3 is 1.80 bits per heavy atom. The van der Waals surface area contributed by atoms with Gasteiger partial charge >= 0.3 is 5.97 Å². The van der Waals surface area contributed by atoms with Crippen molar-refractivity contribution in [2.24, 2.45) is 0 Å². The minimum absolute atomic E-state index is 0.338. The van der Waals surface area contributed by atoms with Gasteiger partial charge in [0.05, 0.1) is 24.1 Å². The van der Waals surface area contributed by atoms with E-state index < -0.39 is 0 Å². The van der Waals surface area contributed by atoms with Crippen LogP contribution in [-0.2, 0) is 6.42 Å². The third-order valence-corrected chi connectivity index (χ3v) is 7.37. The summed E-state index contributed by atoms with van der Waals surface area (Å²) in [4.78, 5) is 17.2. The van der Waals surface area contributed by atoms with Crippen molar-refractivity contribution in [2.45, 2.75) is 110 Å². The molecule has 0 bridgehead atoms. The van der Waals surface area contributed by atoms with Gasteiger partial charge in [-0.2, -0.15) is 0 Å². The van der Waals surface area contributed by atoms with Crippen molar-refractivity contribution in [1.29, 1.82) is 0 Å². The van der Waals surface area contributed by atoms with Gasteiger partial charge in [0.15, 0.2) is 0 Å². The number of hydrogen-bond acceptors (Lipinski definition) is 4. The largest absolute Gasteiger partial charge is 0.492 e. The zero-order chi connectivity index (χ0) is 28.3. The summed E-state index contributed by atoms with van der Waals surface area (Å²) in [6, 6.07) is 19.2. The fourth-order valence-electron chi connectivity index (χ4n) is 4.84. The van der Waals surface area contributed by atoms with Crippen LogP contribution in [0, 0.1) is 0 Å². The highest BCUT2D eigenvalue weighted by molar-refractivity contribution is 5.91. The van der Waals surface area contributed by atoms with Crippen LogP contribution in [0.2, 0.25) is 0 Å². The van der Waals surface area contributed by atoms with Gasteiger partial charge in [0.25, 0.3) is 0 Å². The Morgan fingerprint density at radius 2 is 1.20 bits per heavy atom. The lowest BCUT2D eigenvalue weighted by Gasteiger charge is -2.08. The van der Waals surface area contributed by atoms with Gasteiger partial charge in [-0.1, -0.05) is 103 Å². The molecule has 1 heterocycles. The summed E-state index contributed by atoms with van der Waals surface area (Å²) in [5.41, 5.74) is 3.67. The van der Waals surface area contributed by atoms with E-state index in [1.165, 1.54) is 89.0 Å². The van der Waals surface area contributed by atoms with Crippen LogP contribution >= 0.6 is 0 Å². The molecule has 40 heavy (non-hydrogen) atoms. The van der Waals surface area contributed by atoms with Gasteiger partial charge in [-0.15, -0.1) is 0 Å². The van der Waals surface area contributed by atoms with E-state index in [0.29, 0.717) is 11.3 Å². The second kappa shape index (κ2) is 19.0. The van der Waals surface area contributed by atoms with E-state index in [0.717, 1.165) is 36.5 Å². The average molecular weight is 544 g/mol. The Morgan fingerprint density at radius 1 is 0.625 bits per heavy atom. The van der Waals surface area contributed by atoms with Gasteiger partial charge in [0.1, 0.15) is 11.5 Å². The van der Waals surface area contributed by atoms with Crippen molar-refractivity contribution in [2.75, 3.05) is 6.61 Å². The minimum atomic E-state index is -0.338. The molecule has 2 aromatic carbocycles. The highest BCUT2D eigenvalue weighted by Gasteiger charge is 2.09. The number of ether oxygens (including phenoxy) is 2. The molecule has 3 rings (SSSR count). The fourth-order valence-corrected chi connectivity index (χ4v) is 4.84. The van der Waals surface area contributed by atoms with E-state index in [1.54, 1.807) is 6.20 Å². The molecule has 0 fully saturated rings. The zero-order valence-corrected chi connectivity index (χ0v) is 24.8. The predicted octanol–water partition coefficient (Wildman–Crippen LogP) is 10.4. The highest BCUT2D eigenvalue weighted by atomic mass is 16.5. The van der Waals surface area contributed by atoms with Gasteiger partial charge < -0.3 is 9.47 Å². The van der Waals surface area contributed by atoms with Gasteiger partial charge in [0, 0.05) is 5.56 Å². The van der Waals surface area contributed by atoms with Crippen LogP contribution in [0.3, 0.4) is 0 Å². The summed E-state index contributed by atoms with van der Waals surface area (Å²) in [7, 11) is 0. The van der Waals surface area contributed by atoms with Crippen molar-refractivity contribution in [3.63, 3.8) is 0 Å². The number of esters is 1.